The second-order valence-electron chi connectivity index (χ2n) is 2.76. The molecule has 5 heteroatoms. The lowest BCUT2D eigenvalue weighted by atomic mass is 10.3. The average Bonchev–Trinajstić information content (AvgIpc) is 2.71. The highest BCUT2D eigenvalue weighted by Crippen LogP contribution is 2.26. The van der Waals surface area contributed by atoms with Crippen LogP contribution in [-0.4, -0.2) is 9.55 Å². The number of imidazole rings is 1. The zero-order chi connectivity index (χ0) is 10.1. The molecule has 0 saturated carbocycles. The van der Waals surface area contributed by atoms with Gasteiger partial charge in [0.15, 0.2) is 11.0 Å². The molecule has 0 amide bonds. The average molecular weight is 231 g/mol. The van der Waals surface area contributed by atoms with Crippen molar-refractivity contribution in [3.8, 4) is 11.5 Å². The molecule has 2 rings (SSSR count). The molecule has 0 aliphatic rings. The minimum absolute atomic E-state index is 0.361. The summed E-state index contributed by atoms with van der Waals surface area (Å²) in [7, 11) is 0. The van der Waals surface area contributed by atoms with E-state index in [9.17, 15) is 0 Å². The number of rotatable bonds is 2. The Morgan fingerprint density at radius 3 is 2.79 bits per heavy atom. The van der Waals surface area contributed by atoms with Crippen LogP contribution in [0.4, 0.5) is 0 Å². The fraction of sp³-hybridized carbons (Fsp3) is 0.222. The van der Waals surface area contributed by atoms with E-state index in [-0.39, 0.29) is 0 Å². The summed E-state index contributed by atoms with van der Waals surface area (Å²) in [6.07, 6.45) is 1.67. The van der Waals surface area contributed by atoms with Crippen molar-refractivity contribution in [2.75, 3.05) is 0 Å². The highest BCUT2D eigenvalue weighted by molar-refractivity contribution is 6.29. The van der Waals surface area contributed by atoms with Crippen LogP contribution in [0.15, 0.2) is 22.7 Å². The van der Waals surface area contributed by atoms with E-state index < -0.39 is 0 Å². The van der Waals surface area contributed by atoms with Crippen LogP contribution in [0.1, 0.15) is 6.92 Å². The smallest absolute Gasteiger partial charge is 0.203 e. The van der Waals surface area contributed by atoms with E-state index in [2.05, 4.69) is 4.98 Å². The lowest BCUT2D eigenvalue weighted by Crippen LogP contribution is -1.95. The molecule has 2 aromatic rings. The van der Waals surface area contributed by atoms with Crippen molar-refractivity contribution in [1.82, 2.24) is 9.55 Å². The van der Waals surface area contributed by atoms with Gasteiger partial charge >= 0.3 is 0 Å². The fourth-order valence-electron chi connectivity index (χ4n) is 1.30. The van der Waals surface area contributed by atoms with Gasteiger partial charge in [-0.2, -0.15) is 0 Å². The van der Waals surface area contributed by atoms with Gasteiger partial charge in [-0.25, -0.2) is 4.98 Å². The minimum atomic E-state index is 0.361. The zero-order valence-electron chi connectivity index (χ0n) is 7.50. The highest BCUT2D eigenvalue weighted by Gasteiger charge is 2.11. The maximum Gasteiger partial charge on any atom is 0.203 e. The zero-order valence-corrected chi connectivity index (χ0v) is 9.01. The molecular weight excluding hydrogens is 223 g/mol. The van der Waals surface area contributed by atoms with Crippen molar-refractivity contribution in [2.45, 2.75) is 13.5 Å². The van der Waals surface area contributed by atoms with Crippen LogP contribution in [-0.2, 0) is 6.54 Å². The Morgan fingerprint density at radius 1 is 1.43 bits per heavy atom. The molecule has 0 aromatic carbocycles. The maximum atomic E-state index is 5.88. The first-order valence-corrected chi connectivity index (χ1v) is 4.94. The van der Waals surface area contributed by atoms with Gasteiger partial charge in [-0.3, -0.25) is 0 Å². The molecule has 0 fully saturated rings. The maximum absolute atomic E-state index is 5.88. The van der Waals surface area contributed by atoms with Crippen LogP contribution in [0.25, 0.3) is 11.5 Å². The summed E-state index contributed by atoms with van der Waals surface area (Å²) in [5.74, 6) is 0.677. The van der Waals surface area contributed by atoms with Crippen molar-refractivity contribution in [3.05, 3.63) is 28.8 Å². The van der Waals surface area contributed by atoms with E-state index in [1.807, 2.05) is 11.5 Å². The molecule has 0 spiro atoms. The van der Waals surface area contributed by atoms with E-state index in [4.69, 9.17) is 27.6 Å². The lowest BCUT2D eigenvalue weighted by molar-refractivity contribution is 0.575. The SMILES string of the molecule is CCn1c(-c2ccc(Cl)o2)cnc1Cl. The molecule has 2 aromatic heterocycles. The molecule has 0 aliphatic heterocycles. The van der Waals surface area contributed by atoms with E-state index >= 15 is 0 Å². The van der Waals surface area contributed by atoms with Crippen LogP contribution in [0, 0.1) is 0 Å². The first-order chi connectivity index (χ1) is 6.72. The molecule has 0 aliphatic carbocycles. The number of hydrogen-bond donors (Lipinski definition) is 0. The predicted octanol–water partition coefficient (Wildman–Crippen LogP) is 3.47. The van der Waals surface area contributed by atoms with Gasteiger partial charge in [0.1, 0.15) is 5.69 Å². The van der Waals surface area contributed by atoms with E-state index in [0.29, 0.717) is 16.3 Å². The number of furan rings is 1. The van der Waals surface area contributed by atoms with E-state index in [0.717, 1.165) is 12.2 Å². The van der Waals surface area contributed by atoms with Gasteiger partial charge in [0.05, 0.1) is 6.20 Å². The topological polar surface area (TPSA) is 31.0 Å². The molecule has 0 bridgehead atoms. The minimum Gasteiger partial charge on any atom is -0.443 e. The number of nitrogens with zero attached hydrogens (tertiary/aromatic N) is 2. The summed E-state index contributed by atoms with van der Waals surface area (Å²) >= 11 is 11.6. The third-order valence-electron chi connectivity index (χ3n) is 1.95. The highest BCUT2D eigenvalue weighted by atomic mass is 35.5. The standard InChI is InChI=1S/C9H8Cl2N2O/c1-2-13-6(5-12-9(13)11)7-3-4-8(10)14-7/h3-5H,2H2,1H3. The largest absolute Gasteiger partial charge is 0.443 e. The summed E-state index contributed by atoms with van der Waals surface area (Å²) in [6, 6.07) is 3.49. The third-order valence-corrected chi connectivity index (χ3v) is 2.45. The first-order valence-electron chi connectivity index (χ1n) is 4.19. The monoisotopic (exact) mass is 230 g/mol. The Bertz CT molecular complexity index is 447. The van der Waals surface area contributed by atoms with Crippen LogP contribution >= 0.6 is 23.2 Å². The van der Waals surface area contributed by atoms with Crippen LogP contribution in [0.3, 0.4) is 0 Å². The van der Waals surface area contributed by atoms with Gasteiger partial charge in [0, 0.05) is 6.54 Å². The van der Waals surface area contributed by atoms with Crippen molar-refractivity contribution in [2.24, 2.45) is 0 Å². The lowest BCUT2D eigenvalue weighted by Gasteiger charge is -2.02. The Labute approximate surface area is 91.3 Å². The number of hydrogen-bond acceptors (Lipinski definition) is 2. The molecule has 0 saturated heterocycles. The van der Waals surface area contributed by atoms with Gasteiger partial charge in [-0.1, -0.05) is 0 Å². The second-order valence-corrected chi connectivity index (χ2v) is 3.47. The Hall–Kier alpha value is -0.930. The first kappa shape index (κ1) is 9.62. The Balaban J connectivity index is 2.51. The predicted molar refractivity (Wildman–Crippen MR) is 55.6 cm³/mol. The van der Waals surface area contributed by atoms with Crippen LogP contribution in [0.5, 0.6) is 0 Å². The Morgan fingerprint density at radius 2 is 2.21 bits per heavy atom. The summed E-state index contributed by atoms with van der Waals surface area (Å²) in [4.78, 5) is 4.00. The summed E-state index contributed by atoms with van der Waals surface area (Å²) in [6.45, 7) is 2.73. The van der Waals surface area contributed by atoms with Crippen molar-refractivity contribution in [1.29, 1.82) is 0 Å². The van der Waals surface area contributed by atoms with Crippen molar-refractivity contribution < 1.29 is 4.42 Å². The summed E-state index contributed by atoms with van der Waals surface area (Å²) in [5, 5.41) is 0.815. The normalized spacial score (nSPS) is 10.8. The molecule has 0 atom stereocenters. The number of halogens is 2. The molecule has 2 heterocycles. The second kappa shape index (κ2) is 3.67. The molecule has 0 unspecified atom stereocenters. The molecule has 0 N–H and O–H groups in total. The van der Waals surface area contributed by atoms with Crippen LogP contribution in [0.2, 0.25) is 10.5 Å². The van der Waals surface area contributed by atoms with Crippen LogP contribution < -0.4 is 0 Å². The van der Waals surface area contributed by atoms with Gasteiger partial charge < -0.3 is 8.98 Å². The number of aromatic nitrogens is 2. The fourth-order valence-corrected chi connectivity index (χ4v) is 1.71. The van der Waals surface area contributed by atoms with Crippen molar-refractivity contribution >= 4 is 23.2 Å². The van der Waals surface area contributed by atoms with Gasteiger partial charge in [0.2, 0.25) is 5.28 Å². The quantitative estimate of drug-likeness (QED) is 0.792. The Kier molecular flexibility index (Phi) is 2.52. The van der Waals surface area contributed by atoms with Gasteiger partial charge in [-0.05, 0) is 42.3 Å². The van der Waals surface area contributed by atoms with Crippen molar-refractivity contribution in [3.63, 3.8) is 0 Å². The summed E-state index contributed by atoms with van der Waals surface area (Å²) in [5.41, 5.74) is 0.837. The molecular formula is C9H8Cl2N2O. The van der Waals surface area contributed by atoms with Gasteiger partial charge in [-0.15, -0.1) is 0 Å². The molecule has 14 heavy (non-hydrogen) atoms. The van der Waals surface area contributed by atoms with E-state index in [1.165, 1.54) is 0 Å². The molecule has 0 radical (unpaired) electrons. The summed E-state index contributed by atoms with van der Waals surface area (Å²) < 4.78 is 7.12. The van der Waals surface area contributed by atoms with Gasteiger partial charge in [0.25, 0.3) is 0 Å². The molecule has 3 nitrogen and oxygen atoms in total. The third kappa shape index (κ3) is 1.53. The van der Waals surface area contributed by atoms with E-state index in [1.54, 1.807) is 18.3 Å². The molecule has 74 valence electrons.